The Morgan fingerprint density at radius 3 is 2.76 bits per heavy atom. The van der Waals surface area contributed by atoms with Crippen molar-refractivity contribution in [3.05, 3.63) is 34.1 Å². The van der Waals surface area contributed by atoms with Crippen molar-refractivity contribution >= 4 is 27.8 Å². The second-order valence-corrected chi connectivity index (χ2v) is 6.25. The van der Waals surface area contributed by atoms with E-state index in [9.17, 15) is 19.1 Å². The highest BCUT2D eigenvalue weighted by Crippen LogP contribution is 2.34. The minimum atomic E-state index is -0.887. The molecular weight excluding hydrogens is 341 g/mol. The summed E-state index contributed by atoms with van der Waals surface area (Å²) in [5.41, 5.74) is -0.644. The number of rotatable bonds is 3. The van der Waals surface area contributed by atoms with Crippen LogP contribution in [0.4, 0.5) is 4.39 Å². The molecule has 1 fully saturated rings. The second-order valence-electron chi connectivity index (χ2n) is 5.40. The van der Waals surface area contributed by atoms with Gasteiger partial charge in [-0.05, 0) is 53.4 Å². The number of nitrogens with zero attached hydrogens (tertiary/aromatic N) is 1. The molecule has 0 saturated carbocycles. The molecule has 0 bridgehead atoms. The van der Waals surface area contributed by atoms with E-state index in [-0.39, 0.29) is 18.0 Å². The summed E-state index contributed by atoms with van der Waals surface area (Å²) >= 11 is 3.05. The van der Waals surface area contributed by atoms with Gasteiger partial charge in [0.1, 0.15) is 5.82 Å². The van der Waals surface area contributed by atoms with Crippen LogP contribution >= 0.6 is 15.9 Å². The molecule has 1 aromatic rings. The molecule has 1 N–H and O–H groups in total. The number of carbonyl (C=O) groups is 2. The first kappa shape index (κ1) is 15.9. The predicted octanol–water partition coefficient (Wildman–Crippen LogP) is 3.31. The average molecular weight is 358 g/mol. The smallest absolute Gasteiger partial charge is 0.311 e. The number of piperidine rings is 1. The lowest BCUT2D eigenvalue weighted by Crippen LogP contribution is -2.49. The van der Waals surface area contributed by atoms with Gasteiger partial charge in [0, 0.05) is 18.7 Å². The number of likely N-dealkylation sites (tertiary alicyclic amines) is 1. The summed E-state index contributed by atoms with van der Waals surface area (Å²) in [6.07, 6.45) is 1.68. The number of benzene rings is 1. The number of hydrogen-bond acceptors (Lipinski definition) is 2. The van der Waals surface area contributed by atoms with Crippen LogP contribution < -0.4 is 0 Å². The summed E-state index contributed by atoms with van der Waals surface area (Å²) < 4.78 is 13.8. The van der Waals surface area contributed by atoms with Crippen LogP contribution in [0, 0.1) is 11.2 Å². The topological polar surface area (TPSA) is 57.6 Å². The van der Waals surface area contributed by atoms with Crippen LogP contribution in [0.2, 0.25) is 0 Å². The molecule has 1 unspecified atom stereocenters. The van der Waals surface area contributed by atoms with Gasteiger partial charge in [-0.15, -0.1) is 0 Å². The number of carboxylic acid groups (broad SMARTS) is 1. The first-order valence-corrected chi connectivity index (χ1v) is 7.66. The fraction of sp³-hybridized carbons (Fsp3) is 0.467. The standard InChI is InChI=1S/C15H17BrFNO3/c1-2-15(14(20)21)6-3-7-18(9-15)13(19)10-4-5-11(16)12(17)8-10/h4-5,8H,2-3,6-7,9H2,1H3,(H,20,21). The summed E-state index contributed by atoms with van der Waals surface area (Å²) in [5, 5.41) is 9.44. The van der Waals surface area contributed by atoms with E-state index in [1.54, 1.807) is 6.07 Å². The third-order valence-electron chi connectivity index (χ3n) is 4.16. The van der Waals surface area contributed by atoms with Crippen molar-refractivity contribution in [3.63, 3.8) is 0 Å². The average Bonchev–Trinajstić information content (AvgIpc) is 2.49. The number of carbonyl (C=O) groups excluding carboxylic acids is 1. The quantitative estimate of drug-likeness (QED) is 0.902. The lowest BCUT2D eigenvalue weighted by Gasteiger charge is -2.39. The summed E-state index contributed by atoms with van der Waals surface area (Å²) in [6.45, 7) is 2.50. The van der Waals surface area contributed by atoms with Crippen LogP contribution in [-0.4, -0.2) is 35.0 Å². The van der Waals surface area contributed by atoms with Gasteiger partial charge in [0.2, 0.25) is 0 Å². The van der Waals surface area contributed by atoms with Crippen LogP contribution in [0.25, 0.3) is 0 Å². The molecule has 4 nitrogen and oxygen atoms in total. The Bertz CT molecular complexity index is 578. The van der Waals surface area contributed by atoms with Crippen molar-refractivity contribution in [2.24, 2.45) is 5.41 Å². The SMILES string of the molecule is CCC1(C(=O)O)CCCN(C(=O)c2ccc(Br)c(F)c2)C1. The molecule has 0 radical (unpaired) electrons. The van der Waals surface area contributed by atoms with Gasteiger partial charge in [0.25, 0.3) is 5.91 Å². The maximum Gasteiger partial charge on any atom is 0.311 e. The predicted molar refractivity (Wildman–Crippen MR) is 79.6 cm³/mol. The van der Waals surface area contributed by atoms with E-state index in [1.165, 1.54) is 17.0 Å². The van der Waals surface area contributed by atoms with Crippen LogP contribution in [0.1, 0.15) is 36.5 Å². The highest BCUT2D eigenvalue weighted by Gasteiger charge is 2.42. The first-order valence-electron chi connectivity index (χ1n) is 6.87. The van der Waals surface area contributed by atoms with E-state index in [0.29, 0.717) is 30.3 Å². The minimum absolute atomic E-state index is 0.176. The monoisotopic (exact) mass is 357 g/mol. The summed E-state index contributed by atoms with van der Waals surface area (Å²) in [6, 6.07) is 4.20. The molecule has 21 heavy (non-hydrogen) atoms. The third-order valence-corrected chi connectivity index (χ3v) is 4.80. The normalized spacial score (nSPS) is 22.1. The van der Waals surface area contributed by atoms with Crippen molar-refractivity contribution in [1.29, 1.82) is 0 Å². The lowest BCUT2D eigenvalue weighted by atomic mass is 9.77. The van der Waals surface area contributed by atoms with E-state index in [4.69, 9.17) is 0 Å². The van der Waals surface area contributed by atoms with Gasteiger partial charge in [-0.3, -0.25) is 9.59 Å². The highest BCUT2D eigenvalue weighted by atomic mass is 79.9. The maximum absolute atomic E-state index is 13.5. The fourth-order valence-electron chi connectivity index (χ4n) is 2.73. The number of amides is 1. The molecule has 0 aliphatic carbocycles. The number of aliphatic carboxylic acids is 1. The molecule has 1 aromatic carbocycles. The largest absolute Gasteiger partial charge is 0.481 e. The Morgan fingerprint density at radius 1 is 1.48 bits per heavy atom. The van der Waals surface area contributed by atoms with E-state index >= 15 is 0 Å². The van der Waals surface area contributed by atoms with Crippen LogP contribution in [-0.2, 0) is 4.79 Å². The maximum atomic E-state index is 13.5. The zero-order valence-corrected chi connectivity index (χ0v) is 13.3. The van der Waals surface area contributed by atoms with E-state index in [2.05, 4.69) is 15.9 Å². The fourth-order valence-corrected chi connectivity index (χ4v) is 2.98. The van der Waals surface area contributed by atoms with Crippen molar-refractivity contribution in [3.8, 4) is 0 Å². The molecule has 1 heterocycles. The summed E-state index contributed by atoms with van der Waals surface area (Å²) in [5.74, 6) is -1.69. The zero-order valence-electron chi connectivity index (χ0n) is 11.7. The minimum Gasteiger partial charge on any atom is -0.481 e. The summed E-state index contributed by atoms with van der Waals surface area (Å²) in [7, 11) is 0. The van der Waals surface area contributed by atoms with Gasteiger partial charge in [0.05, 0.1) is 9.89 Å². The first-order chi connectivity index (χ1) is 9.89. The molecule has 2 rings (SSSR count). The zero-order chi connectivity index (χ0) is 15.6. The van der Waals surface area contributed by atoms with E-state index in [1.807, 2.05) is 6.92 Å². The molecule has 1 aliphatic rings. The molecule has 6 heteroatoms. The van der Waals surface area contributed by atoms with Gasteiger partial charge in [-0.2, -0.15) is 0 Å². The number of hydrogen-bond donors (Lipinski definition) is 1. The van der Waals surface area contributed by atoms with Crippen LogP contribution in [0.3, 0.4) is 0 Å². The van der Waals surface area contributed by atoms with Crippen LogP contribution in [0.15, 0.2) is 22.7 Å². The Labute approximate surface area is 131 Å². The lowest BCUT2D eigenvalue weighted by molar-refractivity contribution is -0.152. The molecule has 1 aliphatic heterocycles. The van der Waals surface area contributed by atoms with Crippen molar-refractivity contribution in [1.82, 2.24) is 4.90 Å². The van der Waals surface area contributed by atoms with Gasteiger partial charge in [-0.1, -0.05) is 6.92 Å². The van der Waals surface area contributed by atoms with Crippen molar-refractivity contribution < 1.29 is 19.1 Å². The van der Waals surface area contributed by atoms with Crippen molar-refractivity contribution in [2.45, 2.75) is 26.2 Å². The van der Waals surface area contributed by atoms with Crippen molar-refractivity contribution in [2.75, 3.05) is 13.1 Å². The molecule has 1 amide bonds. The third kappa shape index (κ3) is 3.10. The highest BCUT2D eigenvalue weighted by molar-refractivity contribution is 9.10. The number of carboxylic acids is 1. The van der Waals surface area contributed by atoms with Gasteiger partial charge in [-0.25, -0.2) is 4.39 Å². The molecular formula is C15H17BrFNO3. The molecule has 1 atom stereocenters. The van der Waals surface area contributed by atoms with E-state index in [0.717, 1.165) is 0 Å². The number of halogens is 2. The van der Waals surface area contributed by atoms with Gasteiger partial charge in [0.15, 0.2) is 0 Å². The Balaban J connectivity index is 2.22. The summed E-state index contributed by atoms with van der Waals surface area (Å²) in [4.78, 5) is 25.5. The van der Waals surface area contributed by atoms with Gasteiger partial charge >= 0.3 is 5.97 Å². The second kappa shape index (κ2) is 6.13. The molecule has 1 saturated heterocycles. The Kier molecular flexibility index (Phi) is 4.66. The van der Waals surface area contributed by atoms with E-state index < -0.39 is 17.2 Å². The molecule has 0 aromatic heterocycles. The Morgan fingerprint density at radius 2 is 2.19 bits per heavy atom. The van der Waals surface area contributed by atoms with Gasteiger partial charge < -0.3 is 10.0 Å². The molecule has 0 spiro atoms. The Hall–Kier alpha value is -1.43. The van der Waals surface area contributed by atoms with Crippen LogP contribution in [0.5, 0.6) is 0 Å². The molecule has 114 valence electrons.